The molecular weight excluding hydrogens is 354 g/mol. The highest BCUT2D eigenvalue weighted by Crippen LogP contribution is 2.26. The van der Waals surface area contributed by atoms with Crippen molar-refractivity contribution in [2.45, 2.75) is 31.2 Å². The van der Waals surface area contributed by atoms with Gasteiger partial charge in [0.05, 0.1) is 28.0 Å². The third kappa shape index (κ3) is 3.54. The van der Waals surface area contributed by atoms with Crippen molar-refractivity contribution >= 4 is 23.4 Å². The van der Waals surface area contributed by atoms with Crippen LogP contribution in [-0.2, 0) is 11.8 Å². The number of carbonyl (C=O) groups excluding carboxylic acids is 1. The molecule has 0 radical (unpaired) electrons. The molecule has 3 aromatic rings. The molecule has 1 atom stereocenters. The number of nitrogens with one attached hydrogen (secondary N) is 1. The van der Waals surface area contributed by atoms with Crippen molar-refractivity contribution in [3.05, 3.63) is 35.7 Å². The summed E-state index contributed by atoms with van der Waals surface area (Å²) < 4.78 is 3.25. The van der Waals surface area contributed by atoms with Crippen LogP contribution in [0.15, 0.2) is 29.4 Å². The Balaban J connectivity index is 1.74. The average molecular weight is 373 g/mol. The minimum absolute atomic E-state index is 0.158. The van der Waals surface area contributed by atoms with Crippen LogP contribution in [0, 0.1) is 13.8 Å². The van der Waals surface area contributed by atoms with Crippen LogP contribution in [0.5, 0.6) is 5.75 Å². The lowest BCUT2D eigenvalue weighted by Gasteiger charge is -2.12. The predicted octanol–water partition coefficient (Wildman–Crippen LogP) is 1.84. The van der Waals surface area contributed by atoms with E-state index in [2.05, 4.69) is 25.9 Å². The van der Waals surface area contributed by atoms with Crippen LogP contribution in [0.3, 0.4) is 0 Å². The number of aromatic nitrogens is 6. The molecule has 0 saturated heterocycles. The molecule has 0 fully saturated rings. The minimum atomic E-state index is -0.420. The highest BCUT2D eigenvalue weighted by Gasteiger charge is 2.21. The highest BCUT2D eigenvalue weighted by molar-refractivity contribution is 8.00. The van der Waals surface area contributed by atoms with Gasteiger partial charge in [-0.3, -0.25) is 9.48 Å². The van der Waals surface area contributed by atoms with Crippen LogP contribution in [0.1, 0.15) is 18.3 Å². The van der Waals surface area contributed by atoms with Gasteiger partial charge in [-0.15, -0.1) is 5.10 Å². The van der Waals surface area contributed by atoms with Crippen molar-refractivity contribution in [3.63, 3.8) is 0 Å². The van der Waals surface area contributed by atoms with Gasteiger partial charge in [0.1, 0.15) is 5.75 Å². The smallest absolute Gasteiger partial charge is 0.237 e. The van der Waals surface area contributed by atoms with E-state index in [4.69, 9.17) is 0 Å². The average Bonchev–Trinajstić information content (AvgIpc) is 3.15. The summed E-state index contributed by atoms with van der Waals surface area (Å²) in [6.45, 7) is 5.54. The number of hydrogen-bond acceptors (Lipinski definition) is 7. The number of aromatic hydroxyl groups is 1. The van der Waals surface area contributed by atoms with E-state index in [-0.39, 0.29) is 11.7 Å². The Morgan fingerprint density at radius 1 is 1.27 bits per heavy atom. The largest absolute Gasteiger partial charge is 0.508 e. The lowest BCUT2D eigenvalue weighted by Crippen LogP contribution is -2.23. The molecule has 3 rings (SSSR count). The topological polar surface area (TPSA) is 111 Å². The van der Waals surface area contributed by atoms with E-state index in [0.717, 1.165) is 17.1 Å². The first kappa shape index (κ1) is 17.9. The minimum Gasteiger partial charge on any atom is -0.508 e. The fraction of sp³-hybridized carbons (Fsp3) is 0.312. The Hall–Kier alpha value is -2.88. The molecule has 0 aliphatic heterocycles. The number of tetrazole rings is 1. The summed E-state index contributed by atoms with van der Waals surface area (Å²) >= 11 is 1.25. The Labute approximate surface area is 154 Å². The maximum atomic E-state index is 12.6. The Morgan fingerprint density at radius 2 is 1.96 bits per heavy atom. The molecule has 2 heterocycles. The third-order valence-electron chi connectivity index (χ3n) is 3.94. The van der Waals surface area contributed by atoms with Gasteiger partial charge in [0.15, 0.2) is 0 Å². The molecule has 0 unspecified atom stereocenters. The van der Waals surface area contributed by atoms with Gasteiger partial charge in [-0.2, -0.15) is 9.78 Å². The molecule has 136 valence electrons. The number of hydrogen-bond donors (Lipinski definition) is 2. The second kappa shape index (κ2) is 7.16. The monoisotopic (exact) mass is 373 g/mol. The van der Waals surface area contributed by atoms with Crippen LogP contribution in [0.4, 0.5) is 5.69 Å². The quantitative estimate of drug-likeness (QED) is 0.656. The maximum Gasteiger partial charge on any atom is 0.237 e. The van der Waals surface area contributed by atoms with E-state index < -0.39 is 5.25 Å². The van der Waals surface area contributed by atoms with Crippen molar-refractivity contribution in [2.24, 2.45) is 7.05 Å². The summed E-state index contributed by atoms with van der Waals surface area (Å²) in [4.78, 5) is 12.6. The van der Waals surface area contributed by atoms with Gasteiger partial charge >= 0.3 is 0 Å². The van der Waals surface area contributed by atoms with Crippen LogP contribution >= 0.6 is 11.8 Å². The van der Waals surface area contributed by atoms with Gasteiger partial charge in [0.2, 0.25) is 11.1 Å². The number of nitrogens with zero attached hydrogens (tertiary/aromatic N) is 6. The van der Waals surface area contributed by atoms with E-state index in [1.165, 1.54) is 16.4 Å². The molecule has 1 aromatic carbocycles. The van der Waals surface area contributed by atoms with Gasteiger partial charge in [-0.05, 0) is 55.5 Å². The number of phenols is 1. The van der Waals surface area contributed by atoms with E-state index in [9.17, 15) is 9.90 Å². The first-order valence-electron chi connectivity index (χ1n) is 7.92. The fourth-order valence-corrected chi connectivity index (χ4v) is 3.21. The van der Waals surface area contributed by atoms with Crippen molar-refractivity contribution in [2.75, 3.05) is 5.32 Å². The lowest BCUT2D eigenvalue weighted by atomic mass is 10.3. The standard InChI is InChI=1S/C16H19N7O2S/c1-9-14(10(2)22(4)19-9)17-15(25)11(3)26-16-18-20-21-23(16)12-5-7-13(24)8-6-12/h5-8,11,24H,1-4H3,(H,17,25)/t11-/m1/s1. The van der Waals surface area contributed by atoms with Gasteiger partial charge in [0, 0.05) is 7.05 Å². The van der Waals surface area contributed by atoms with Crippen molar-refractivity contribution in [3.8, 4) is 11.4 Å². The zero-order valence-electron chi connectivity index (χ0n) is 14.8. The van der Waals surface area contributed by atoms with E-state index in [0.29, 0.717) is 10.8 Å². The van der Waals surface area contributed by atoms with Gasteiger partial charge < -0.3 is 10.4 Å². The molecule has 26 heavy (non-hydrogen) atoms. The SMILES string of the molecule is Cc1nn(C)c(C)c1NC(=O)[C@@H](C)Sc1nnnn1-c1ccc(O)cc1. The summed E-state index contributed by atoms with van der Waals surface area (Å²) in [6, 6.07) is 6.50. The van der Waals surface area contributed by atoms with Gasteiger partial charge in [-0.1, -0.05) is 11.8 Å². The summed E-state index contributed by atoms with van der Waals surface area (Å²) in [5.41, 5.74) is 3.08. The Kier molecular flexibility index (Phi) is 4.94. The number of thioether (sulfide) groups is 1. The maximum absolute atomic E-state index is 12.6. The van der Waals surface area contributed by atoms with Gasteiger partial charge in [0.25, 0.3) is 0 Å². The third-order valence-corrected chi connectivity index (χ3v) is 4.98. The number of rotatable bonds is 5. The number of benzene rings is 1. The number of phenolic OH excluding ortho intramolecular Hbond substituents is 1. The summed E-state index contributed by atoms with van der Waals surface area (Å²) in [5, 5.41) is 28.3. The van der Waals surface area contributed by atoms with Crippen molar-refractivity contribution < 1.29 is 9.90 Å². The van der Waals surface area contributed by atoms with Crippen LogP contribution in [0.2, 0.25) is 0 Å². The summed E-state index contributed by atoms with van der Waals surface area (Å²) in [7, 11) is 1.84. The molecule has 0 bridgehead atoms. The van der Waals surface area contributed by atoms with E-state index >= 15 is 0 Å². The number of amides is 1. The van der Waals surface area contributed by atoms with E-state index in [1.54, 1.807) is 35.9 Å². The van der Waals surface area contributed by atoms with Crippen molar-refractivity contribution in [1.82, 2.24) is 30.0 Å². The van der Waals surface area contributed by atoms with Crippen molar-refractivity contribution in [1.29, 1.82) is 0 Å². The summed E-state index contributed by atoms with van der Waals surface area (Å²) in [5.74, 6) is 0.000407. The molecule has 9 nitrogen and oxygen atoms in total. The number of carbonyl (C=O) groups is 1. The predicted molar refractivity (Wildman–Crippen MR) is 97.4 cm³/mol. The van der Waals surface area contributed by atoms with Crippen LogP contribution in [-0.4, -0.2) is 46.3 Å². The molecular formula is C16H19N7O2S. The summed E-state index contributed by atoms with van der Waals surface area (Å²) in [6.07, 6.45) is 0. The molecule has 1 amide bonds. The molecule has 2 N–H and O–H groups in total. The Bertz CT molecular complexity index is 933. The molecule has 0 saturated carbocycles. The van der Waals surface area contributed by atoms with Gasteiger partial charge in [-0.25, -0.2) is 0 Å². The first-order chi connectivity index (χ1) is 12.4. The Morgan fingerprint density at radius 3 is 2.58 bits per heavy atom. The highest BCUT2D eigenvalue weighted by atomic mass is 32.2. The molecule has 0 spiro atoms. The first-order valence-corrected chi connectivity index (χ1v) is 8.80. The fourth-order valence-electron chi connectivity index (χ4n) is 2.40. The zero-order valence-corrected chi connectivity index (χ0v) is 15.7. The molecule has 10 heteroatoms. The normalized spacial score (nSPS) is 12.2. The molecule has 2 aromatic heterocycles. The van der Waals surface area contributed by atoms with E-state index in [1.807, 2.05) is 20.9 Å². The zero-order chi connectivity index (χ0) is 18.8. The lowest BCUT2D eigenvalue weighted by molar-refractivity contribution is -0.115. The second-order valence-corrected chi connectivity index (χ2v) is 7.12. The van der Waals surface area contributed by atoms with Crippen LogP contribution < -0.4 is 5.32 Å². The van der Waals surface area contributed by atoms with Crippen LogP contribution in [0.25, 0.3) is 5.69 Å². The number of anilines is 1. The molecule has 0 aliphatic carbocycles. The number of aryl methyl sites for hydroxylation is 2. The second-order valence-electron chi connectivity index (χ2n) is 5.81. The molecule has 0 aliphatic rings.